The van der Waals surface area contributed by atoms with E-state index in [0.29, 0.717) is 6.61 Å². The second-order valence-corrected chi connectivity index (χ2v) is 4.59. The highest BCUT2D eigenvalue weighted by atomic mass is 28.2. The summed E-state index contributed by atoms with van der Waals surface area (Å²) in [5.74, 6) is 0.817. The van der Waals surface area contributed by atoms with Gasteiger partial charge in [0.15, 0.2) is 0 Å². The average molecular weight is 236 g/mol. The molecule has 0 fully saturated rings. The standard InChI is InChI=1S/C12H18NO2Si/c1-12(2,15-16)7-4-8-14-11-6-3-5-10(13)9-11/h3,5-6,9H,4,7-8,13H2,1-2H3. The third-order valence-electron chi connectivity index (χ3n) is 2.33. The Balaban J connectivity index is 2.26. The van der Waals surface area contributed by atoms with Crippen molar-refractivity contribution in [2.45, 2.75) is 32.3 Å². The summed E-state index contributed by atoms with van der Waals surface area (Å²) < 4.78 is 10.7. The van der Waals surface area contributed by atoms with Crippen molar-refractivity contribution in [2.24, 2.45) is 0 Å². The predicted octanol–water partition coefficient (Wildman–Crippen LogP) is 2.31. The first kappa shape index (κ1) is 13.1. The zero-order valence-electron chi connectivity index (χ0n) is 9.82. The lowest BCUT2D eigenvalue weighted by atomic mass is 10.0. The van der Waals surface area contributed by atoms with Gasteiger partial charge in [-0.2, -0.15) is 0 Å². The Kier molecular flexibility index (Phi) is 4.83. The molecule has 0 saturated carbocycles. The van der Waals surface area contributed by atoms with E-state index in [1.54, 1.807) is 0 Å². The third kappa shape index (κ3) is 4.68. The summed E-state index contributed by atoms with van der Waals surface area (Å²) in [6.07, 6.45) is 1.87. The maximum atomic E-state index is 5.65. The lowest BCUT2D eigenvalue weighted by Crippen LogP contribution is -2.23. The molecule has 3 radical (unpaired) electrons. The van der Waals surface area contributed by atoms with Crippen LogP contribution in [-0.4, -0.2) is 22.7 Å². The molecule has 0 spiro atoms. The van der Waals surface area contributed by atoms with Crippen molar-refractivity contribution in [2.75, 3.05) is 12.3 Å². The van der Waals surface area contributed by atoms with E-state index in [0.717, 1.165) is 24.3 Å². The summed E-state index contributed by atoms with van der Waals surface area (Å²) in [6, 6.07) is 7.46. The summed E-state index contributed by atoms with van der Waals surface area (Å²) in [6.45, 7) is 4.73. The Morgan fingerprint density at radius 3 is 2.75 bits per heavy atom. The minimum Gasteiger partial charge on any atom is -0.494 e. The van der Waals surface area contributed by atoms with Crippen LogP contribution in [0.4, 0.5) is 5.69 Å². The van der Waals surface area contributed by atoms with Crippen molar-refractivity contribution >= 4 is 16.2 Å². The maximum absolute atomic E-state index is 5.65. The summed E-state index contributed by atoms with van der Waals surface area (Å²) in [5.41, 5.74) is 6.21. The molecule has 0 unspecified atom stereocenters. The van der Waals surface area contributed by atoms with Crippen LogP contribution < -0.4 is 10.5 Å². The molecule has 0 heterocycles. The van der Waals surface area contributed by atoms with Crippen LogP contribution in [-0.2, 0) is 4.43 Å². The van der Waals surface area contributed by atoms with E-state index < -0.39 is 0 Å². The monoisotopic (exact) mass is 236 g/mol. The number of benzene rings is 1. The molecule has 0 saturated heterocycles. The zero-order chi connectivity index (χ0) is 12.0. The quantitative estimate of drug-likeness (QED) is 0.468. The topological polar surface area (TPSA) is 44.5 Å². The van der Waals surface area contributed by atoms with E-state index in [1.807, 2.05) is 38.1 Å². The van der Waals surface area contributed by atoms with Gasteiger partial charge in [-0.05, 0) is 38.8 Å². The van der Waals surface area contributed by atoms with Gasteiger partial charge in [0.2, 0.25) is 10.5 Å². The van der Waals surface area contributed by atoms with E-state index in [1.165, 1.54) is 0 Å². The number of nitrogens with two attached hydrogens (primary N) is 1. The summed E-state index contributed by atoms with van der Waals surface area (Å²) >= 11 is 0. The van der Waals surface area contributed by atoms with E-state index in [2.05, 4.69) is 10.5 Å². The minimum atomic E-state index is -0.157. The van der Waals surface area contributed by atoms with Gasteiger partial charge >= 0.3 is 0 Å². The van der Waals surface area contributed by atoms with Crippen molar-refractivity contribution in [3.63, 3.8) is 0 Å². The number of hydrogen-bond acceptors (Lipinski definition) is 3. The Hall–Kier alpha value is -1.00. The van der Waals surface area contributed by atoms with Crippen molar-refractivity contribution in [1.82, 2.24) is 0 Å². The van der Waals surface area contributed by atoms with Gasteiger partial charge in [0.25, 0.3) is 0 Å². The normalized spacial score (nSPS) is 11.4. The molecule has 16 heavy (non-hydrogen) atoms. The van der Waals surface area contributed by atoms with Gasteiger partial charge in [-0.1, -0.05) is 6.07 Å². The lowest BCUT2D eigenvalue weighted by molar-refractivity contribution is 0.103. The molecular weight excluding hydrogens is 218 g/mol. The molecule has 0 amide bonds. The fourth-order valence-electron chi connectivity index (χ4n) is 1.34. The number of hydrogen-bond donors (Lipinski definition) is 1. The van der Waals surface area contributed by atoms with Crippen LogP contribution in [0, 0.1) is 0 Å². The van der Waals surface area contributed by atoms with E-state index >= 15 is 0 Å². The number of rotatable bonds is 6. The molecule has 87 valence electrons. The molecule has 1 rings (SSSR count). The van der Waals surface area contributed by atoms with Crippen molar-refractivity contribution < 1.29 is 9.16 Å². The zero-order valence-corrected chi connectivity index (χ0v) is 10.8. The van der Waals surface area contributed by atoms with Gasteiger partial charge in [-0.3, -0.25) is 0 Å². The Morgan fingerprint density at radius 1 is 1.38 bits per heavy atom. The molecule has 0 atom stereocenters. The van der Waals surface area contributed by atoms with E-state index in [-0.39, 0.29) is 5.60 Å². The van der Waals surface area contributed by atoms with Gasteiger partial charge in [-0.15, -0.1) is 0 Å². The summed E-state index contributed by atoms with van der Waals surface area (Å²) in [7, 11) is 3.07. The predicted molar refractivity (Wildman–Crippen MR) is 66.5 cm³/mol. The molecule has 0 aliphatic carbocycles. The first-order chi connectivity index (χ1) is 7.53. The second kappa shape index (κ2) is 5.91. The second-order valence-electron chi connectivity index (χ2n) is 4.39. The molecule has 4 heteroatoms. The first-order valence-electron chi connectivity index (χ1n) is 5.36. The number of anilines is 1. The van der Waals surface area contributed by atoms with E-state index in [4.69, 9.17) is 14.9 Å². The lowest BCUT2D eigenvalue weighted by Gasteiger charge is -2.22. The van der Waals surface area contributed by atoms with Crippen molar-refractivity contribution in [1.29, 1.82) is 0 Å². The van der Waals surface area contributed by atoms with Crippen LogP contribution in [0.5, 0.6) is 5.75 Å². The fourth-order valence-corrected chi connectivity index (χ4v) is 1.45. The highest BCUT2D eigenvalue weighted by molar-refractivity contribution is 5.98. The highest BCUT2D eigenvalue weighted by Crippen LogP contribution is 2.17. The van der Waals surface area contributed by atoms with Gasteiger partial charge in [0.1, 0.15) is 5.75 Å². The number of ether oxygens (including phenoxy) is 1. The smallest absolute Gasteiger partial charge is 0.246 e. The van der Waals surface area contributed by atoms with Crippen LogP contribution in [0.25, 0.3) is 0 Å². The molecule has 1 aromatic carbocycles. The first-order valence-corrected chi connectivity index (χ1v) is 5.77. The van der Waals surface area contributed by atoms with Crippen molar-refractivity contribution in [3.05, 3.63) is 24.3 Å². The summed E-state index contributed by atoms with van der Waals surface area (Å²) in [5, 5.41) is 0. The number of nitrogen functional groups attached to an aromatic ring is 1. The third-order valence-corrected chi connectivity index (χ3v) is 2.88. The molecule has 3 nitrogen and oxygen atoms in total. The Bertz CT molecular complexity index is 329. The van der Waals surface area contributed by atoms with Gasteiger partial charge < -0.3 is 14.9 Å². The molecule has 1 aromatic rings. The Labute approximate surface area is 100 Å². The maximum Gasteiger partial charge on any atom is 0.246 e. The minimum absolute atomic E-state index is 0.157. The highest BCUT2D eigenvalue weighted by Gasteiger charge is 2.14. The average Bonchev–Trinajstić information content (AvgIpc) is 2.25. The fraction of sp³-hybridized carbons (Fsp3) is 0.500. The van der Waals surface area contributed by atoms with Gasteiger partial charge in [-0.25, -0.2) is 0 Å². The van der Waals surface area contributed by atoms with Gasteiger partial charge in [0.05, 0.1) is 12.2 Å². The van der Waals surface area contributed by atoms with Crippen LogP contribution in [0.3, 0.4) is 0 Å². The molecule has 0 aliphatic heterocycles. The Morgan fingerprint density at radius 2 is 2.12 bits per heavy atom. The van der Waals surface area contributed by atoms with Crippen molar-refractivity contribution in [3.8, 4) is 5.75 Å². The molecule has 2 N–H and O–H groups in total. The SMILES string of the molecule is CC(C)(CCCOc1cccc(N)c1)O[Si]. The largest absolute Gasteiger partial charge is 0.494 e. The van der Waals surface area contributed by atoms with Crippen LogP contribution >= 0.6 is 0 Å². The van der Waals surface area contributed by atoms with E-state index in [9.17, 15) is 0 Å². The molecular formula is C12H18NO2Si. The molecule has 0 aromatic heterocycles. The summed E-state index contributed by atoms with van der Waals surface area (Å²) in [4.78, 5) is 0. The van der Waals surface area contributed by atoms with Crippen LogP contribution in [0.15, 0.2) is 24.3 Å². The molecule has 0 aliphatic rings. The van der Waals surface area contributed by atoms with Crippen LogP contribution in [0.2, 0.25) is 0 Å². The van der Waals surface area contributed by atoms with Gasteiger partial charge in [0, 0.05) is 11.8 Å². The van der Waals surface area contributed by atoms with Crippen LogP contribution in [0.1, 0.15) is 26.7 Å². The molecule has 0 bridgehead atoms.